The number of carbonyl (C=O) groups is 1. The van der Waals surface area contributed by atoms with Crippen LogP contribution in [0.15, 0.2) is 65.6 Å². The van der Waals surface area contributed by atoms with E-state index in [1.165, 1.54) is 31.4 Å². The molecule has 3 rings (SSSR count). The van der Waals surface area contributed by atoms with E-state index in [1.807, 2.05) is 6.92 Å². The molecule has 0 spiro atoms. The van der Waals surface area contributed by atoms with Crippen LogP contribution >= 0.6 is 34.8 Å². The van der Waals surface area contributed by atoms with Crippen molar-refractivity contribution in [3.8, 4) is 5.75 Å². The van der Waals surface area contributed by atoms with Gasteiger partial charge in [-0.05, 0) is 49.4 Å². The van der Waals surface area contributed by atoms with Crippen LogP contribution in [0.4, 0.5) is 11.4 Å². The smallest absolute Gasteiger partial charge is 0.264 e. The number of ether oxygens (including phenoxy) is 1. The highest BCUT2D eigenvalue weighted by atomic mass is 35.5. The minimum atomic E-state index is -4.16. The van der Waals surface area contributed by atoms with E-state index >= 15 is 0 Å². The van der Waals surface area contributed by atoms with E-state index in [9.17, 15) is 13.2 Å². The monoisotopic (exact) mass is 512 g/mol. The predicted octanol–water partition coefficient (Wildman–Crippen LogP) is 5.80. The molecule has 32 heavy (non-hydrogen) atoms. The van der Waals surface area contributed by atoms with Gasteiger partial charge in [-0.1, -0.05) is 58.6 Å². The molecular formula is C22H19Cl3N2O4S. The summed E-state index contributed by atoms with van der Waals surface area (Å²) in [6.45, 7) is 1.27. The second-order valence-corrected chi connectivity index (χ2v) is 9.90. The van der Waals surface area contributed by atoms with Gasteiger partial charge in [-0.2, -0.15) is 0 Å². The Bertz CT molecular complexity index is 1230. The molecule has 0 aliphatic heterocycles. The van der Waals surface area contributed by atoms with E-state index in [4.69, 9.17) is 39.5 Å². The Morgan fingerprint density at radius 2 is 1.62 bits per heavy atom. The molecule has 0 saturated carbocycles. The summed E-state index contributed by atoms with van der Waals surface area (Å²) < 4.78 is 33.3. The summed E-state index contributed by atoms with van der Waals surface area (Å²) in [7, 11) is -2.76. The zero-order valence-electron chi connectivity index (χ0n) is 17.1. The summed E-state index contributed by atoms with van der Waals surface area (Å²) in [5.41, 5.74) is 1.19. The largest absolute Gasteiger partial charge is 0.495 e. The molecule has 0 bridgehead atoms. The van der Waals surface area contributed by atoms with Crippen LogP contribution in [0, 0.1) is 6.92 Å². The van der Waals surface area contributed by atoms with Crippen molar-refractivity contribution < 1.29 is 17.9 Å². The number of rotatable bonds is 7. The number of amides is 1. The van der Waals surface area contributed by atoms with Crippen molar-refractivity contribution in [3.05, 3.63) is 81.3 Å². The van der Waals surface area contributed by atoms with Crippen molar-refractivity contribution in [2.24, 2.45) is 0 Å². The van der Waals surface area contributed by atoms with E-state index in [1.54, 1.807) is 36.4 Å². The lowest BCUT2D eigenvalue weighted by atomic mass is 10.2. The summed E-state index contributed by atoms with van der Waals surface area (Å²) in [6, 6.07) is 15.5. The van der Waals surface area contributed by atoms with Gasteiger partial charge in [0.2, 0.25) is 5.91 Å². The summed E-state index contributed by atoms with van der Waals surface area (Å²) in [4.78, 5) is 12.9. The molecule has 0 heterocycles. The predicted molar refractivity (Wildman–Crippen MR) is 129 cm³/mol. The van der Waals surface area contributed by atoms with Crippen molar-refractivity contribution in [1.29, 1.82) is 0 Å². The minimum Gasteiger partial charge on any atom is -0.495 e. The Balaban J connectivity index is 2.06. The van der Waals surface area contributed by atoms with Crippen LogP contribution in [0.1, 0.15) is 5.56 Å². The number of anilines is 2. The van der Waals surface area contributed by atoms with Crippen LogP contribution in [-0.4, -0.2) is 28.0 Å². The molecule has 0 aliphatic rings. The fourth-order valence-corrected chi connectivity index (χ4v) is 5.00. The van der Waals surface area contributed by atoms with Gasteiger partial charge in [0.25, 0.3) is 10.0 Å². The average Bonchev–Trinajstić information content (AvgIpc) is 2.75. The summed E-state index contributed by atoms with van der Waals surface area (Å²) in [5, 5.41) is 3.30. The van der Waals surface area contributed by atoms with Crippen LogP contribution in [0.2, 0.25) is 15.1 Å². The molecule has 3 aromatic rings. The fourth-order valence-electron chi connectivity index (χ4n) is 2.92. The van der Waals surface area contributed by atoms with Crippen molar-refractivity contribution in [1.82, 2.24) is 0 Å². The molecular weight excluding hydrogens is 495 g/mol. The number of sulfonamides is 1. The molecule has 0 radical (unpaired) electrons. The Morgan fingerprint density at radius 3 is 2.22 bits per heavy atom. The van der Waals surface area contributed by atoms with Crippen LogP contribution in [-0.2, 0) is 14.8 Å². The molecule has 0 saturated heterocycles. The van der Waals surface area contributed by atoms with Crippen LogP contribution < -0.4 is 14.4 Å². The third-order valence-electron chi connectivity index (χ3n) is 4.53. The van der Waals surface area contributed by atoms with E-state index in [0.29, 0.717) is 0 Å². The molecule has 0 aliphatic carbocycles. The number of nitrogens with one attached hydrogen (secondary N) is 1. The fraction of sp³-hybridized carbons (Fsp3) is 0.136. The van der Waals surface area contributed by atoms with Crippen LogP contribution in [0.3, 0.4) is 0 Å². The number of methoxy groups -OCH3 is 1. The average molecular weight is 514 g/mol. The molecule has 0 unspecified atom stereocenters. The number of aryl methyl sites for hydroxylation is 1. The Hall–Kier alpha value is -2.45. The standard InChI is InChI=1S/C22H19Cl3N2O4S/c1-14-6-9-16(10-7-14)32(29,30)27(19-12-15(23)8-11-20(19)31-2)13-21(28)26-22-17(24)4-3-5-18(22)25/h3-12H,13H2,1-2H3,(H,26,28). The van der Waals surface area contributed by atoms with Crippen LogP contribution in [0.25, 0.3) is 0 Å². The summed E-state index contributed by atoms with van der Waals surface area (Å²) in [6.07, 6.45) is 0. The number of benzene rings is 3. The zero-order valence-corrected chi connectivity index (χ0v) is 20.2. The third-order valence-corrected chi connectivity index (χ3v) is 7.17. The Labute approximate surface area is 201 Å². The third kappa shape index (κ3) is 5.30. The van der Waals surface area contributed by atoms with E-state index < -0.39 is 22.5 Å². The highest BCUT2D eigenvalue weighted by Crippen LogP contribution is 2.35. The molecule has 3 aromatic carbocycles. The number of hydrogen-bond donors (Lipinski definition) is 1. The maximum absolute atomic E-state index is 13.5. The first-order chi connectivity index (χ1) is 15.1. The number of hydrogen-bond acceptors (Lipinski definition) is 4. The van der Waals surface area contributed by atoms with Crippen molar-refractivity contribution in [2.45, 2.75) is 11.8 Å². The van der Waals surface area contributed by atoms with Crippen molar-refractivity contribution in [3.63, 3.8) is 0 Å². The lowest BCUT2D eigenvalue weighted by Gasteiger charge is -2.26. The Morgan fingerprint density at radius 1 is 1.00 bits per heavy atom. The van der Waals surface area contributed by atoms with E-state index in [2.05, 4.69) is 5.32 Å². The number of halogens is 3. The molecule has 0 fully saturated rings. The molecule has 0 atom stereocenters. The minimum absolute atomic E-state index is 0.00806. The lowest BCUT2D eigenvalue weighted by molar-refractivity contribution is -0.114. The molecule has 1 amide bonds. The SMILES string of the molecule is COc1ccc(Cl)cc1N(CC(=O)Nc1c(Cl)cccc1Cl)S(=O)(=O)c1ccc(C)cc1. The lowest BCUT2D eigenvalue weighted by Crippen LogP contribution is -2.38. The van der Waals surface area contributed by atoms with Gasteiger partial charge < -0.3 is 10.1 Å². The van der Waals surface area contributed by atoms with Gasteiger partial charge >= 0.3 is 0 Å². The van der Waals surface area contributed by atoms with Gasteiger partial charge in [-0.3, -0.25) is 9.10 Å². The second kappa shape index (κ2) is 10.0. The topological polar surface area (TPSA) is 75.7 Å². The summed E-state index contributed by atoms with van der Waals surface area (Å²) >= 11 is 18.4. The normalized spacial score (nSPS) is 11.2. The highest BCUT2D eigenvalue weighted by Gasteiger charge is 2.30. The molecule has 6 nitrogen and oxygen atoms in total. The van der Waals surface area contributed by atoms with Gasteiger partial charge in [-0.25, -0.2) is 8.42 Å². The van der Waals surface area contributed by atoms with Gasteiger partial charge in [0.1, 0.15) is 12.3 Å². The van der Waals surface area contributed by atoms with Gasteiger partial charge in [0.05, 0.1) is 33.4 Å². The zero-order chi connectivity index (χ0) is 23.5. The first-order valence-electron chi connectivity index (χ1n) is 9.30. The van der Waals surface area contributed by atoms with Crippen LogP contribution in [0.5, 0.6) is 5.75 Å². The molecule has 10 heteroatoms. The first-order valence-corrected chi connectivity index (χ1v) is 11.9. The van der Waals surface area contributed by atoms with Gasteiger partial charge in [0.15, 0.2) is 0 Å². The summed E-state index contributed by atoms with van der Waals surface area (Å²) in [5.74, 6) is -0.425. The van der Waals surface area contributed by atoms with Crippen molar-refractivity contribution >= 4 is 62.1 Å². The molecule has 168 valence electrons. The van der Waals surface area contributed by atoms with Crippen molar-refractivity contribution in [2.75, 3.05) is 23.3 Å². The number of carbonyl (C=O) groups excluding carboxylic acids is 1. The quantitative estimate of drug-likeness (QED) is 0.433. The first kappa shape index (κ1) is 24.2. The maximum atomic E-state index is 13.5. The van der Waals surface area contributed by atoms with E-state index in [0.717, 1.165) is 9.87 Å². The van der Waals surface area contributed by atoms with E-state index in [-0.39, 0.29) is 37.1 Å². The number of para-hydroxylation sites is 1. The number of nitrogens with zero attached hydrogens (tertiary/aromatic N) is 1. The highest BCUT2D eigenvalue weighted by molar-refractivity contribution is 7.92. The van der Waals surface area contributed by atoms with Gasteiger partial charge in [-0.15, -0.1) is 0 Å². The van der Waals surface area contributed by atoms with Gasteiger partial charge in [0, 0.05) is 5.02 Å². The molecule has 1 N–H and O–H groups in total. The second-order valence-electron chi connectivity index (χ2n) is 6.79. The molecule has 0 aromatic heterocycles. The Kier molecular flexibility index (Phi) is 7.56. The maximum Gasteiger partial charge on any atom is 0.264 e.